The summed E-state index contributed by atoms with van der Waals surface area (Å²) in [7, 11) is 3.56. The molecule has 6 heteroatoms. The summed E-state index contributed by atoms with van der Waals surface area (Å²) in [6.45, 7) is 3.77. The highest BCUT2D eigenvalue weighted by atomic mass is 16.1. The first kappa shape index (κ1) is 15.2. The summed E-state index contributed by atoms with van der Waals surface area (Å²) in [5, 5.41) is 2.62. The van der Waals surface area contributed by atoms with Crippen molar-refractivity contribution in [3.8, 4) is 0 Å². The van der Waals surface area contributed by atoms with Gasteiger partial charge in [-0.05, 0) is 13.1 Å². The lowest BCUT2D eigenvalue weighted by Gasteiger charge is -2.20. The predicted molar refractivity (Wildman–Crippen MR) is 75.8 cm³/mol. The molecule has 19 heavy (non-hydrogen) atoms. The summed E-state index contributed by atoms with van der Waals surface area (Å²) in [6, 6.07) is 3.05. The number of nitrogen functional groups attached to an aromatic ring is 1. The van der Waals surface area contributed by atoms with Crippen LogP contribution in [0, 0.1) is 5.92 Å². The molecular formula is C13H22N4O2. The number of carbonyl (C=O) groups excluding carboxylic acids is 1. The molecule has 1 rings (SSSR count). The number of anilines is 1. The molecule has 1 heterocycles. The van der Waals surface area contributed by atoms with Gasteiger partial charge in [-0.25, -0.2) is 0 Å². The molecule has 0 bridgehead atoms. The van der Waals surface area contributed by atoms with E-state index in [1.165, 1.54) is 6.07 Å². The highest BCUT2D eigenvalue weighted by Gasteiger charge is 2.13. The average Bonchev–Trinajstić information content (AvgIpc) is 2.38. The van der Waals surface area contributed by atoms with Gasteiger partial charge in [0, 0.05) is 50.6 Å². The van der Waals surface area contributed by atoms with Crippen LogP contribution < -0.4 is 16.6 Å². The van der Waals surface area contributed by atoms with Gasteiger partial charge in [0.1, 0.15) is 0 Å². The van der Waals surface area contributed by atoms with Crippen molar-refractivity contribution in [2.75, 3.05) is 32.9 Å². The predicted octanol–water partition coefficient (Wildman–Crippen LogP) is -0.256. The number of hydrogen-bond donors (Lipinski definition) is 2. The minimum absolute atomic E-state index is 0.0213. The molecule has 0 aliphatic rings. The van der Waals surface area contributed by atoms with Crippen LogP contribution in [0.1, 0.15) is 6.92 Å². The molecule has 0 aliphatic heterocycles. The van der Waals surface area contributed by atoms with Crippen molar-refractivity contribution < 1.29 is 4.79 Å². The molecule has 1 unspecified atom stereocenters. The first-order valence-electron chi connectivity index (χ1n) is 6.30. The van der Waals surface area contributed by atoms with Gasteiger partial charge in [0.25, 0.3) is 5.56 Å². The summed E-state index contributed by atoms with van der Waals surface area (Å²) in [5.74, 6) is -0.0551. The largest absolute Gasteiger partial charge is 0.398 e. The molecule has 0 aromatic carbocycles. The van der Waals surface area contributed by atoms with Crippen LogP contribution in [0.3, 0.4) is 0 Å². The number of hydrogen-bond acceptors (Lipinski definition) is 4. The Morgan fingerprint density at radius 1 is 1.53 bits per heavy atom. The molecule has 0 aliphatic carbocycles. The van der Waals surface area contributed by atoms with E-state index < -0.39 is 0 Å². The van der Waals surface area contributed by atoms with Crippen molar-refractivity contribution in [1.82, 2.24) is 14.8 Å². The number of rotatable bonds is 6. The third kappa shape index (κ3) is 4.75. The Hall–Kier alpha value is -1.82. The first-order valence-corrected chi connectivity index (χ1v) is 6.30. The molecule has 6 nitrogen and oxygen atoms in total. The quantitative estimate of drug-likeness (QED) is 0.743. The molecule has 0 saturated heterocycles. The molecule has 0 fully saturated rings. The van der Waals surface area contributed by atoms with Gasteiger partial charge in [-0.2, -0.15) is 0 Å². The number of carbonyl (C=O) groups is 1. The van der Waals surface area contributed by atoms with E-state index in [1.54, 1.807) is 23.9 Å². The van der Waals surface area contributed by atoms with Gasteiger partial charge in [-0.1, -0.05) is 6.92 Å². The van der Waals surface area contributed by atoms with E-state index >= 15 is 0 Å². The fraction of sp³-hybridized carbons (Fsp3) is 0.538. The van der Waals surface area contributed by atoms with Gasteiger partial charge in [0.05, 0.1) is 0 Å². The standard InChI is InChI=1S/C13H22N4O2/c1-10(13(19)15-2)8-16(3)6-7-17-9-11(14)4-5-12(17)18/h4-5,9-10H,6-8,14H2,1-3H3,(H,15,19). The van der Waals surface area contributed by atoms with Gasteiger partial charge in [0.15, 0.2) is 0 Å². The second-order valence-corrected chi connectivity index (χ2v) is 4.77. The Morgan fingerprint density at radius 3 is 2.84 bits per heavy atom. The maximum Gasteiger partial charge on any atom is 0.250 e. The monoisotopic (exact) mass is 266 g/mol. The van der Waals surface area contributed by atoms with Crippen molar-refractivity contribution in [2.24, 2.45) is 5.92 Å². The number of likely N-dealkylation sites (N-methyl/N-ethyl adjacent to an activating group) is 1. The molecule has 0 saturated carbocycles. The van der Waals surface area contributed by atoms with Gasteiger partial charge >= 0.3 is 0 Å². The minimum Gasteiger partial charge on any atom is -0.398 e. The third-order valence-electron chi connectivity index (χ3n) is 3.01. The van der Waals surface area contributed by atoms with Crippen LogP contribution in [-0.2, 0) is 11.3 Å². The fourth-order valence-electron chi connectivity index (χ4n) is 1.89. The highest BCUT2D eigenvalue weighted by molar-refractivity contribution is 5.78. The van der Waals surface area contributed by atoms with E-state index in [-0.39, 0.29) is 17.4 Å². The van der Waals surface area contributed by atoms with E-state index in [1.807, 2.05) is 18.9 Å². The Labute approximate surface area is 113 Å². The SMILES string of the molecule is CNC(=O)C(C)CN(C)CCn1cc(N)ccc1=O. The first-order chi connectivity index (χ1) is 8.93. The Morgan fingerprint density at radius 2 is 2.21 bits per heavy atom. The van der Waals surface area contributed by atoms with Crippen LogP contribution in [0.15, 0.2) is 23.1 Å². The maximum absolute atomic E-state index is 11.6. The van der Waals surface area contributed by atoms with Gasteiger partial charge in [-0.15, -0.1) is 0 Å². The van der Waals surface area contributed by atoms with Crippen molar-refractivity contribution in [3.05, 3.63) is 28.7 Å². The number of nitrogens with one attached hydrogen (secondary N) is 1. The lowest BCUT2D eigenvalue weighted by molar-refractivity contribution is -0.124. The number of aromatic nitrogens is 1. The van der Waals surface area contributed by atoms with Crippen LogP contribution in [0.5, 0.6) is 0 Å². The topological polar surface area (TPSA) is 80.4 Å². The normalized spacial score (nSPS) is 12.4. The number of pyridine rings is 1. The Balaban J connectivity index is 2.50. The van der Waals surface area contributed by atoms with E-state index in [0.29, 0.717) is 25.3 Å². The van der Waals surface area contributed by atoms with Crippen molar-refractivity contribution in [1.29, 1.82) is 0 Å². The molecule has 1 aromatic heterocycles. The lowest BCUT2D eigenvalue weighted by atomic mass is 10.1. The highest BCUT2D eigenvalue weighted by Crippen LogP contribution is 2.00. The molecule has 3 N–H and O–H groups in total. The van der Waals surface area contributed by atoms with E-state index in [2.05, 4.69) is 5.32 Å². The smallest absolute Gasteiger partial charge is 0.250 e. The third-order valence-corrected chi connectivity index (χ3v) is 3.01. The molecule has 1 atom stereocenters. The summed E-state index contributed by atoms with van der Waals surface area (Å²) < 4.78 is 1.58. The molecular weight excluding hydrogens is 244 g/mol. The zero-order valence-corrected chi connectivity index (χ0v) is 11.7. The van der Waals surface area contributed by atoms with Crippen LogP contribution in [0.25, 0.3) is 0 Å². The average molecular weight is 266 g/mol. The zero-order chi connectivity index (χ0) is 14.4. The molecule has 1 amide bonds. The van der Waals surface area contributed by atoms with Crippen molar-refractivity contribution in [2.45, 2.75) is 13.5 Å². The van der Waals surface area contributed by atoms with E-state index in [4.69, 9.17) is 5.73 Å². The number of nitrogens with two attached hydrogens (primary N) is 1. The van der Waals surface area contributed by atoms with Crippen molar-refractivity contribution in [3.63, 3.8) is 0 Å². The van der Waals surface area contributed by atoms with E-state index in [0.717, 1.165) is 0 Å². The fourth-order valence-corrected chi connectivity index (χ4v) is 1.89. The summed E-state index contributed by atoms with van der Waals surface area (Å²) in [4.78, 5) is 25.0. The minimum atomic E-state index is -0.0763. The van der Waals surface area contributed by atoms with E-state index in [9.17, 15) is 9.59 Å². The molecule has 106 valence electrons. The van der Waals surface area contributed by atoms with Crippen molar-refractivity contribution >= 4 is 11.6 Å². The Kier molecular flexibility index (Phi) is 5.57. The molecule has 0 spiro atoms. The second kappa shape index (κ2) is 6.94. The van der Waals surface area contributed by atoms with Crippen LogP contribution in [0.4, 0.5) is 5.69 Å². The number of nitrogens with zero attached hydrogens (tertiary/aromatic N) is 2. The lowest BCUT2D eigenvalue weighted by Crippen LogP contribution is -2.36. The van der Waals surface area contributed by atoms with Crippen LogP contribution >= 0.6 is 0 Å². The molecule has 1 aromatic rings. The number of amides is 1. The van der Waals surface area contributed by atoms with Gasteiger partial charge in [-0.3, -0.25) is 9.59 Å². The second-order valence-electron chi connectivity index (χ2n) is 4.77. The van der Waals surface area contributed by atoms with Gasteiger partial charge < -0.3 is 20.5 Å². The summed E-state index contributed by atoms with van der Waals surface area (Å²) in [6.07, 6.45) is 1.64. The molecule has 0 radical (unpaired) electrons. The van der Waals surface area contributed by atoms with Crippen LogP contribution in [-0.4, -0.2) is 42.6 Å². The Bertz CT molecular complexity index is 484. The van der Waals surface area contributed by atoms with Crippen LogP contribution in [0.2, 0.25) is 0 Å². The zero-order valence-electron chi connectivity index (χ0n) is 11.7. The maximum atomic E-state index is 11.6. The summed E-state index contributed by atoms with van der Waals surface area (Å²) in [5.41, 5.74) is 6.15. The van der Waals surface area contributed by atoms with Gasteiger partial charge in [0.2, 0.25) is 5.91 Å². The summed E-state index contributed by atoms with van der Waals surface area (Å²) >= 11 is 0.